The lowest BCUT2D eigenvalue weighted by Crippen LogP contribution is -2.13. The average molecular weight is 530 g/mol. The lowest BCUT2D eigenvalue weighted by atomic mass is 10.2. The maximum atomic E-state index is 11.4. The molecule has 37 heavy (non-hydrogen) atoms. The summed E-state index contributed by atoms with van der Waals surface area (Å²) in [5.41, 5.74) is 8.93. The van der Waals surface area contributed by atoms with Crippen molar-refractivity contribution < 1.29 is 47.4 Å². The molecule has 210 valence electrons. The third-order valence-corrected chi connectivity index (χ3v) is 4.32. The molecule has 0 aromatic heterocycles. The van der Waals surface area contributed by atoms with Crippen LogP contribution in [0.5, 0.6) is 11.5 Å². The van der Waals surface area contributed by atoms with Crippen molar-refractivity contribution in [3.63, 3.8) is 0 Å². The predicted molar refractivity (Wildman–Crippen MR) is 133 cm³/mol. The first-order valence-corrected chi connectivity index (χ1v) is 12.3. The van der Waals surface area contributed by atoms with E-state index in [1.54, 1.807) is 18.2 Å². The van der Waals surface area contributed by atoms with Crippen LogP contribution >= 0.6 is 0 Å². The van der Waals surface area contributed by atoms with Gasteiger partial charge in [0.2, 0.25) is 0 Å². The van der Waals surface area contributed by atoms with Crippen LogP contribution in [0.1, 0.15) is 19.4 Å². The van der Waals surface area contributed by atoms with Crippen LogP contribution in [0.15, 0.2) is 23.3 Å². The Morgan fingerprint density at radius 1 is 0.676 bits per heavy atom. The summed E-state index contributed by atoms with van der Waals surface area (Å²) in [7, 11) is 0. The van der Waals surface area contributed by atoms with E-state index in [4.69, 9.17) is 48.2 Å². The Bertz CT molecular complexity index is 720. The Morgan fingerprint density at radius 2 is 1.08 bits per heavy atom. The van der Waals surface area contributed by atoms with Gasteiger partial charge < -0.3 is 42.6 Å². The molecule has 0 unspecified atom stereocenters. The molecule has 0 aliphatic rings. The normalized spacial score (nSPS) is 10.6. The predicted octanol–water partition coefficient (Wildman–Crippen LogP) is 3.53. The zero-order chi connectivity index (χ0) is 26.8. The molecule has 13 heteroatoms. The van der Waals surface area contributed by atoms with Crippen LogP contribution in [0.3, 0.4) is 0 Å². The molecule has 1 amide bonds. The van der Waals surface area contributed by atoms with Crippen LogP contribution in [0.2, 0.25) is 0 Å². The van der Waals surface area contributed by atoms with Gasteiger partial charge in [0.15, 0.2) is 0 Å². The quantitative estimate of drug-likeness (QED) is 0.0842. The van der Waals surface area contributed by atoms with Gasteiger partial charge in [-0.25, -0.2) is 4.79 Å². The molecule has 0 heterocycles. The number of nitrogens with zero attached hydrogens (tertiary/aromatic N) is 3. The van der Waals surface area contributed by atoms with Gasteiger partial charge in [-0.1, -0.05) is 0 Å². The topological polar surface area (TPSA) is 149 Å². The number of carbonyl (C=O) groups excluding carboxylic acids is 1. The molecule has 0 aliphatic heterocycles. The molecule has 1 aromatic carbocycles. The molecule has 1 rings (SSSR count). The van der Waals surface area contributed by atoms with Crippen molar-refractivity contribution in [2.75, 3.05) is 92.5 Å². The van der Waals surface area contributed by atoms with Crippen molar-refractivity contribution in [2.45, 2.75) is 20.5 Å². The lowest BCUT2D eigenvalue weighted by Gasteiger charge is -2.13. The molecule has 0 bridgehead atoms. The standard InChI is InChI=1S/C24H39N3O10/c1-3-29-5-7-31-9-11-33-13-15-35-22-17-21(20-37-24(28)26-27-25)18-23(19-22)36-16-14-34-12-10-32-8-6-30-4-2/h17-19H,3-16,20H2,1-2H3. The molecular formula is C24H39N3O10. The monoisotopic (exact) mass is 529 g/mol. The highest BCUT2D eigenvalue weighted by Gasteiger charge is 2.07. The van der Waals surface area contributed by atoms with E-state index in [2.05, 4.69) is 10.0 Å². The summed E-state index contributed by atoms with van der Waals surface area (Å²) < 4.78 is 48.6. The van der Waals surface area contributed by atoms with E-state index >= 15 is 0 Å². The van der Waals surface area contributed by atoms with E-state index in [1.165, 1.54) is 0 Å². The first kappa shape index (κ1) is 32.4. The van der Waals surface area contributed by atoms with E-state index < -0.39 is 6.09 Å². The van der Waals surface area contributed by atoms with Crippen LogP contribution in [-0.4, -0.2) is 98.6 Å². The van der Waals surface area contributed by atoms with E-state index in [-0.39, 0.29) is 6.61 Å². The van der Waals surface area contributed by atoms with E-state index in [0.717, 1.165) is 0 Å². The second-order valence-corrected chi connectivity index (χ2v) is 7.10. The molecular weight excluding hydrogens is 490 g/mol. The fourth-order valence-corrected chi connectivity index (χ4v) is 2.70. The summed E-state index contributed by atoms with van der Waals surface area (Å²) in [6.07, 6.45) is -1.02. The maximum Gasteiger partial charge on any atom is 0.397 e. The first-order chi connectivity index (χ1) is 18.2. The van der Waals surface area contributed by atoms with E-state index in [0.29, 0.717) is 110 Å². The molecule has 0 N–H and O–H groups in total. The summed E-state index contributed by atoms with van der Waals surface area (Å²) in [5.74, 6) is 1.01. The number of amides is 1. The third-order valence-electron chi connectivity index (χ3n) is 4.32. The van der Waals surface area contributed by atoms with Crippen molar-refractivity contribution in [1.82, 2.24) is 0 Å². The highest BCUT2D eigenvalue weighted by molar-refractivity contribution is 5.68. The van der Waals surface area contributed by atoms with Gasteiger partial charge in [0.05, 0.1) is 66.1 Å². The SMILES string of the molecule is CCOCCOCCOCCOc1cc(COC(=O)N=[N+]=[N-])cc(OCCOCCOCCOCC)c1. The molecule has 0 aliphatic carbocycles. The van der Waals surface area contributed by atoms with Gasteiger partial charge in [0.25, 0.3) is 0 Å². The number of azide groups is 1. The van der Waals surface area contributed by atoms with Gasteiger partial charge in [0, 0.05) is 29.3 Å². The Labute approximate surface area is 217 Å². The minimum atomic E-state index is -1.02. The maximum absolute atomic E-state index is 11.4. The Morgan fingerprint density at radius 3 is 1.49 bits per heavy atom. The summed E-state index contributed by atoms with van der Waals surface area (Å²) in [6, 6.07) is 5.11. The number of carbonyl (C=O) groups is 1. The summed E-state index contributed by atoms with van der Waals surface area (Å²) in [4.78, 5) is 13.8. The average Bonchev–Trinajstić information content (AvgIpc) is 2.90. The fourth-order valence-electron chi connectivity index (χ4n) is 2.70. The zero-order valence-corrected chi connectivity index (χ0v) is 21.8. The van der Waals surface area contributed by atoms with Gasteiger partial charge in [-0.15, -0.1) is 0 Å². The summed E-state index contributed by atoms with van der Waals surface area (Å²) in [5, 5.41) is 2.89. The molecule has 0 spiro atoms. The van der Waals surface area contributed by atoms with Crippen LogP contribution in [0.25, 0.3) is 10.4 Å². The van der Waals surface area contributed by atoms with Crippen LogP contribution < -0.4 is 9.47 Å². The molecule has 0 saturated heterocycles. The minimum Gasteiger partial charge on any atom is -0.491 e. The number of hydrogen-bond donors (Lipinski definition) is 0. The van der Waals surface area contributed by atoms with Crippen LogP contribution in [0.4, 0.5) is 4.79 Å². The summed E-state index contributed by atoms with van der Waals surface area (Å²) in [6.45, 7) is 10.4. The third kappa shape index (κ3) is 19.2. The van der Waals surface area contributed by atoms with Crippen LogP contribution in [-0.2, 0) is 39.8 Å². The van der Waals surface area contributed by atoms with Crippen molar-refractivity contribution >= 4 is 6.09 Å². The van der Waals surface area contributed by atoms with Crippen molar-refractivity contribution in [3.8, 4) is 11.5 Å². The molecule has 1 aromatic rings. The second-order valence-electron chi connectivity index (χ2n) is 7.10. The van der Waals surface area contributed by atoms with Crippen molar-refractivity contribution in [3.05, 3.63) is 34.2 Å². The molecule has 0 atom stereocenters. The van der Waals surface area contributed by atoms with Gasteiger partial charge in [-0.2, -0.15) is 0 Å². The molecule has 0 saturated carbocycles. The van der Waals surface area contributed by atoms with Gasteiger partial charge in [-0.05, 0) is 37.1 Å². The number of rotatable bonds is 24. The number of benzene rings is 1. The van der Waals surface area contributed by atoms with Gasteiger partial charge in [-0.3, -0.25) is 0 Å². The van der Waals surface area contributed by atoms with Crippen molar-refractivity contribution in [1.29, 1.82) is 0 Å². The first-order valence-electron chi connectivity index (χ1n) is 12.3. The lowest BCUT2D eigenvalue weighted by molar-refractivity contribution is 0.0109. The van der Waals surface area contributed by atoms with E-state index in [1.807, 2.05) is 13.8 Å². The Hall–Kier alpha value is -2.64. The van der Waals surface area contributed by atoms with Gasteiger partial charge >= 0.3 is 6.09 Å². The van der Waals surface area contributed by atoms with Crippen LogP contribution in [0, 0.1) is 0 Å². The highest BCUT2D eigenvalue weighted by Crippen LogP contribution is 2.24. The molecule has 0 radical (unpaired) electrons. The zero-order valence-electron chi connectivity index (χ0n) is 21.8. The molecule has 0 fully saturated rings. The smallest absolute Gasteiger partial charge is 0.397 e. The summed E-state index contributed by atoms with van der Waals surface area (Å²) >= 11 is 0. The van der Waals surface area contributed by atoms with E-state index in [9.17, 15) is 4.79 Å². The largest absolute Gasteiger partial charge is 0.491 e. The second kappa shape index (κ2) is 23.7. The van der Waals surface area contributed by atoms with Gasteiger partial charge in [0.1, 0.15) is 31.3 Å². The highest BCUT2D eigenvalue weighted by atomic mass is 16.6. The number of hydrogen-bond acceptors (Lipinski definition) is 10. The Kier molecular flexibility index (Phi) is 20.8. The fraction of sp³-hybridized carbons (Fsp3) is 0.708. The van der Waals surface area contributed by atoms with Crippen molar-refractivity contribution in [2.24, 2.45) is 5.11 Å². The molecule has 13 nitrogen and oxygen atoms in total. The Balaban J connectivity index is 2.40. The number of ether oxygens (including phenoxy) is 9. The minimum absolute atomic E-state index is 0.115.